The third-order valence-electron chi connectivity index (χ3n) is 5.85. The molecule has 0 spiro atoms. The van der Waals surface area contributed by atoms with E-state index in [4.69, 9.17) is 16.3 Å². The van der Waals surface area contributed by atoms with E-state index in [1.807, 2.05) is 0 Å². The highest BCUT2D eigenvalue weighted by Gasteiger charge is 2.39. The lowest BCUT2D eigenvalue weighted by atomic mass is 9.81. The van der Waals surface area contributed by atoms with E-state index in [-0.39, 0.29) is 12.2 Å². The Labute approximate surface area is 214 Å². The van der Waals surface area contributed by atoms with Crippen molar-refractivity contribution in [3.05, 3.63) is 80.5 Å². The van der Waals surface area contributed by atoms with Crippen molar-refractivity contribution in [2.75, 3.05) is 0 Å². The minimum Gasteiger partial charge on any atom is -0.489 e. The number of nitrogens with one attached hydrogen (secondary N) is 2. The number of para-hydroxylation sites is 1. The molecule has 2 N–H and O–H groups in total. The molecule has 14 heteroatoms. The molecule has 202 valence electrons. The summed E-state index contributed by atoms with van der Waals surface area (Å²) in [5, 5.41) is 2.80. The summed E-state index contributed by atoms with van der Waals surface area (Å²) in [4.78, 5) is 28.9. The number of amides is 1. The summed E-state index contributed by atoms with van der Waals surface area (Å²) >= 11 is 6.03. The van der Waals surface area contributed by atoms with Crippen LogP contribution in [0.25, 0.3) is 11.4 Å². The lowest BCUT2D eigenvalue weighted by Crippen LogP contribution is -2.43. The van der Waals surface area contributed by atoms with Gasteiger partial charge in [0.25, 0.3) is 5.56 Å². The summed E-state index contributed by atoms with van der Waals surface area (Å²) in [5.41, 5.74) is -6.69. The molecule has 0 radical (unpaired) electrons. The zero-order chi connectivity index (χ0) is 27.8. The summed E-state index contributed by atoms with van der Waals surface area (Å²) < 4.78 is 101. The molecule has 0 atom stereocenters. The van der Waals surface area contributed by atoms with Gasteiger partial charge in [0, 0.05) is 24.1 Å². The van der Waals surface area contributed by atoms with Crippen LogP contribution >= 0.6 is 11.6 Å². The standard InChI is InChI=1S/C24H17ClF7N3O3/c25-15-3-1-2-4-16(15)38-13-7-12(8-13)22(37)33-10-11-5-6-14(23(27,28)29)19(20(11)26)21-34-17(24(30,31)32)9-18(36)35-21/h1-6,9,12-13H,7-8,10H2,(H,33,37)(H,34,35,36). The molecule has 38 heavy (non-hydrogen) atoms. The van der Waals surface area contributed by atoms with E-state index in [0.29, 0.717) is 29.7 Å². The second-order valence-corrected chi connectivity index (χ2v) is 8.90. The Hall–Kier alpha value is -3.61. The quantitative estimate of drug-likeness (QED) is 0.375. The monoisotopic (exact) mass is 563 g/mol. The van der Waals surface area contributed by atoms with Gasteiger partial charge < -0.3 is 15.0 Å². The largest absolute Gasteiger partial charge is 0.489 e. The summed E-state index contributed by atoms with van der Waals surface area (Å²) in [7, 11) is 0. The zero-order valence-corrected chi connectivity index (χ0v) is 19.8. The first-order chi connectivity index (χ1) is 17.7. The van der Waals surface area contributed by atoms with Crippen LogP contribution in [0.2, 0.25) is 5.02 Å². The van der Waals surface area contributed by atoms with Gasteiger partial charge in [-0.05, 0) is 31.0 Å². The fourth-order valence-electron chi connectivity index (χ4n) is 3.87. The van der Waals surface area contributed by atoms with Gasteiger partial charge in [-0.3, -0.25) is 9.59 Å². The molecule has 1 aliphatic rings. The van der Waals surface area contributed by atoms with Gasteiger partial charge in [-0.2, -0.15) is 26.3 Å². The van der Waals surface area contributed by atoms with Crippen molar-refractivity contribution in [1.82, 2.24) is 15.3 Å². The number of nitrogens with zero attached hydrogens (tertiary/aromatic N) is 1. The average Bonchev–Trinajstić information content (AvgIpc) is 2.79. The summed E-state index contributed by atoms with van der Waals surface area (Å²) in [6.45, 7) is -0.564. The first-order valence-corrected chi connectivity index (χ1v) is 11.4. The highest BCUT2D eigenvalue weighted by Crippen LogP contribution is 2.39. The Morgan fingerprint density at radius 2 is 1.76 bits per heavy atom. The average molecular weight is 564 g/mol. The van der Waals surface area contributed by atoms with Gasteiger partial charge in [-0.15, -0.1) is 0 Å². The molecule has 1 fully saturated rings. The molecule has 3 aromatic rings. The van der Waals surface area contributed by atoms with Gasteiger partial charge in [0.1, 0.15) is 23.5 Å². The molecule has 0 unspecified atom stereocenters. The highest BCUT2D eigenvalue weighted by molar-refractivity contribution is 6.32. The minimum atomic E-state index is -5.19. The maximum absolute atomic E-state index is 15.3. The van der Waals surface area contributed by atoms with Crippen LogP contribution in [0, 0.1) is 11.7 Å². The second-order valence-electron chi connectivity index (χ2n) is 8.49. The molecule has 6 nitrogen and oxygen atoms in total. The Kier molecular flexibility index (Phi) is 7.42. The smallest absolute Gasteiger partial charge is 0.433 e. The van der Waals surface area contributed by atoms with Crippen LogP contribution in [0.4, 0.5) is 30.7 Å². The van der Waals surface area contributed by atoms with Gasteiger partial charge in [-0.1, -0.05) is 29.8 Å². The van der Waals surface area contributed by atoms with Crippen LogP contribution in [0.3, 0.4) is 0 Å². The number of carbonyl (C=O) groups is 1. The van der Waals surface area contributed by atoms with E-state index < -0.39 is 70.3 Å². The molecular weight excluding hydrogens is 547 g/mol. The van der Waals surface area contributed by atoms with Crippen molar-refractivity contribution in [3.8, 4) is 17.1 Å². The molecule has 1 saturated carbocycles. The lowest BCUT2D eigenvalue weighted by Gasteiger charge is -2.34. The molecule has 0 aliphatic heterocycles. The normalized spacial score (nSPS) is 17.6. The fraction of sp³-hybridized carbons (Fsp3) is 0.292. The molecule has 4 rings (SSSR count). The van der Waals surface area contributed by atoms with E-state index in [2.05, 4.69) is 10.3 Å². The molecule has 2 aromatic carbocycles. The summed E-state index contributed by atoms with van der Waals surface area (Å²) in [6.07, 6.45) is -10.0. The van der Waals surface area contributed by atoms with Gasteiger partial charge >= 0.3 is 12.4 Å². The van der Waals surface area contributed by atoms with Crippen LogP contribution < -0.4 is 15.6 Å². The summed E-state index contributed by atoms with van der Waals surface area (Å²) in [5.74, 6) is -3.42. The number of aromatic nitrogens is 2. The third-order valence-corrected chi connectivity index (χ3v) is 6.16. The van der Waals surface area contributed by atoms with E-state index >= 15 is 4.39 Å². The first kappa shape index (κ1) is 27.4. The number of hydrogen-bond acceptors (Lipinski definition) is 4. The Bertz CT molecular complexity index is 1420. The SMILES string of the molecule is O=C(NCc1ccc(C(F)(F)F)c(-c2nc(C(F)(F)F)cc(=O)[nH]2)c1F)C1CC(Oc2ccccc2Cl)C1. The predicted molar refractivity (Wildman–Crippen MR) is 121 cm³/mol. The van der Waals surface area contributed by atoms with Crippen molar-refractivity contribution >= 4 is 17.5 Å². The van der Waals surface area contributed by atoms with E-state index in [9.17, 15) is 35.9 Å². The van der Waals surface area contributed by atoms with Crippen LogP contribution in [0.15, 0.2) is 47.3 Å². The van der Waals surface area contributed by atoms with Crippen molar-refractivity contribution in [2.24, 2.45) is 5.92 Å². The molecular formula is C24H17ClF7N3O3. The Balaban J connectivity index is 1.52. The number of H-pyrrole nitrogens is 1. The van der Waals surface area contributed by atoms with Crippen molar-refractivity contribution in [1.29, 1.82) is 0 Å². The number of hydrogen-bond donors (Lipinski definition) is 2. The van der Waals surface area contributed by atoms with Crippen molar-refractivity contribution < 1.29 is 40.3 Å². The highest BCUT2D eigenvalue weighted by atomic mass is 35.5. The maximum Gasteiger partial charge on any atom is 0.433 e. The van der Waals surface area contributed by atoms with Gasteiger partial charge in [0.15, 0.2) is 5.69 Å². The second kappa shape index (κ2) is 10.3. The molecule has 0 bridgehead atoms. The number of halogens is 8. The van der Waals surface area contributed by atoms with E-state index in [1.165, 1.54) is 0 Å². The maximum atomic E-state index is 15.3. The lowest BCUT2D eigenvalue weighted by molar-refractivity contribution is -0.141. The minimum absolute atomic E-state index is 0.0417. The number of alkyl halides is 6. The van der Waals surface area contributed by atoms with Crippen molar-refractivity contribution in [3.63, 3.8) is 0 Å². The molecule has 1 amide bonds. The van der Waals surface area contributed by atoms with Gasteiger partial charge in [0.05, 0.1) is 16.1 Å². The Morgan fingerprint density at radius 3 is 2.39 bits per heavy atom. The first-order valence-electron chi connectivity index (χ1n) is 11.0. The van der Waals surface area contributed by atoms with Crippen LogP contribution in [-0.2, 0) is 23.7 Å². The van der Waals surface area contributed by atoms with Crippen LogP contribution in [-0.4, -0.2) is 22.0 Å². The van der Waals surface area contributed by atoms with Gasteiger partial charge in [0.2, 0.25) is 5.91 Å². The van der Waals surface area contributed by atoms with E-state index in [0.717, 1.165) is 6.07 Å². The molecule has 1 heterocycles. The molecule has 1 aliphatic carbocycles. The third kappa shape index (κ3) is 5.93. The summed E-state index contributed by atoms with van der Waals surface area (Å²) in [6, 6.07) is 7.97. The topological polar surface area (TPSA) is 84.1 Å². The van der Waals surface area contributed by atoms with E-state index in [1.54, 1.807) is 29.2 Å². The van der Waals surface area contributed by atoms with Crippen molar-refractivity contribution in [2.45, 2.75) is 37.8 Å². The number of benzene rings is 2. The number of carbonyl (C=O) groups excluding carboxylic acids is 1. The number of rotatable bonds is 6. The fourth-order valence-corrected chi connectivity index (χ4v) is 4.05. The zero-order valence-electron chi connectivity index (χ0n) is 19.0. The van der Waals surface area contributed by atoms with Crippen LogP contribution in [0.1, 0.15) is 29.7 Å². The van der Waals surface area contributed by atoms with Crippen LogP contribution in [0.5, 0.6) is 5.75 Å². The Morgan fingerprint density at radius 1 is 1.08 bits per heavy atom. The number of ether oxygens (including phenoxy) is 1. The predicted octanol–water partition coefficient (Wildman–Crippen LogP) is 5.74. The molecule has 1 aromatic heterocycles. The number of aromatic amines is 1. The van der Waals surface area contributed by atoms with Gasteiger partial charge in [-0.25, -0.2) is 9.37 Å². The molecule has 0 saturated heterocycles.